The lowest BCUT2D eigenvalue weighted by Crippen LogP contribution is -2.42. The normalized spacial score (nSPS) is 22.1. The fraction of sp³-hybridized carbons (Fsp3) is 0.654. The van der Waals surface area contributed by atoms with Crippen LogP contribution in [-0.2, 0) is 4.79 Å². The minimum Gasteiger partial charge on any atom is -0.396 e. The molecule has 1 aromatic carbocycles. The molecule has 3 saturated carbocycles. The van der Waals surface area contributed by atoms with Crippen LogP contribution in [0.2, 0.25) is 5.02 Å². The number of aromatic nitrogens is 3. The topological polar surface area (TPSA) is 80.0 Å². The Morgan fingerprint density at radius 2 is 1.94 bits per heavy atom. The van der Waals surface area contributed by atoms with Crippen LogP contribution in [0.5, 0.6) is 0 Å². The summed E-state index contributed by atoms with van der Waals surface area (Å²) in [6, 6.07) is 5.65. The molecule has 190 valence electrons. The molecule has 3 fully saturated rings. The Hall–Kier alpha value is -2.06. The molecule has 1 aromatic heterocycles. The number of benzene rings is 1. The zero-order valence-corrected chi connectivity index (χ0v) is 20.8. The highest BCUT2D eigenvalue weighted by Crippen LogP contribution is 2.60. The monoisotopic (exact) mass is 506 g/mol. The summed E-state index contributed by atoms with van der Waals surface area (Å²) in [5.41, 5.74) is 1.62. The van der Waals surface area contributed by atoms with Gasteiger partial charge in [-0.05, 0) is 81.0 Å². The summed E-state index contributed by atoms with van der Waals surface area (Å²) in [5, 5.41) is 22.4. The van der Waals surface area contributed by atoms with Crippen LogP contribution >= 0.6 is 11.6 Å². The number of nitrogens with zero attached hydrogens (tertiary/aromatic N) is 3. The number of aryl methyl sites for hydroxylation is 1. The molecule has 1 atom stereocenters. The number of halogens is 3. The summed E-state index contributed by atoms with van der Waals surface area (Å²) in [5.74, 6) is -0.995. The van der Waals surface area contributed by atoms with Crippen molar-refractivity contribution in [3.8, 4) is 0 Å². The van der Waals surface area contributed by atoms with E-state index in [1.807, 2.05) is 6.92 Å². The standard InChI is InChI=1S/C26H33ClF2N4O2/c1-16-12-19(27)2-5-21(16)30-22(35)13-17(6-11-34)23-31-32-24(33(23)20-3-4-20)18-14-25(15-18)7-9-26(28,29)10-8-25/h2,5,12,17-18,20,34H,3-4,6-11,13-15H2,1H3,(H,30,35)/t17-/m0/s1. The molecular formula is C26H33ClF2N4O2. The van der Waals surface area contributed by atoms with Crippen LogP contribution in [0.1, 0.15) is 99.3 Å². The van der Waals surface area contributed by atoms with Gasteiger partial charge in [0.1, 0.15) is 11.6 Å². The second-order valence-electron chi connectivity index (χ2n) is 10.9. The van der Waals surface area contributed by atoms with Crippen molar-refractivity contribution in [3.05, 3.63) is 40.4 Å². The van der Waals surface area contributed by atoms with Gasteiger partial charge in [0, 0.05) is 54.5 Å². The summed E-state index contributed by atoms with van der Waals surface area (Å²) in [6.45, 7) is 1.84. The number of hydrogen-bond donors (Lipinski definition) is 2. The lowest BCUT2D eigenvalue weighted by Gasteiger charge is -2.51. The highest BCUT2D eigenvalue weighted by molar-refractivity contribution is 6.30. The largest absolute Gasteiger partial charge is 0.396 e. The van der Waals surface area contributed by atoms with Gasteiger partial charge in [-0.2, -0.15) is 0 Å². The van der Waals surface area contributed by atoms with E-state index in [9.17, 15) is 18.7 Å². The Labute approximate surface area is 209 Å². The van der Waals surface area contributed by atoms with Crippen LogP contribution in [0.15, 0.2) is 18.2 Å². The van der Waals surface area contributed by atoms with Crippen LogP contribution in [0.3, 0.4) is 0 Å². The number of nitrogens with one attached hydrogen (secondary N) is 1. The van der Waals surface area contributed by atoms with Crippen molar-refractivity contribution in [1.29, 1.82) is 0 Å². The van der Waals surface area contributed by atoms with Gasteiger partial charge in [0.15, 0.2) is 0 Å². The van der Waals surface area contributed by atoms with Gasteiger partial charge >= 0.3 is 0 Å². The molecule has 0 unspecified atom stereocenters. The van der Waals surface area contributed by atoms with E-state index in [0.29, 0.717) is 36.0 Å². The minimum absolute atomic E-state index is 0.0128. The second kappa shape index (κ2) is 9.43. The number of amides is 1. The predicted molar refractivity (Wildman–Crippen MR) is 130 cm³/mol. The SMILES string of the molecule is Cc1cc(Cl)ccc1NC(=O)C[C@H](CCO)c1nnc(C2CC3(CCC(F)(F)CC3)C2)n1C1CC1. The Morgan fingerprint density at radius 1 is 1.23 bits per heavy atom. The third-order valence-electron chi connectivity index (χ3n) is 8.16. The molecular weight excluding hydrogens is 474 g/mol. The van der Waals surface area contributed by atoms with Crippen molar-refractivity contribution >= 4 is 23.2 Å². The van der Waals surface area contributed by atoms with E-state index in [1.165, 1.54) is 0 Å². The maximum atomic E-state index is 13.7. The molecule has 0 radical (unpaired) electrons. The van der Waals surface area contributed by atoms with Crippen LogP contribution in [-0.4, -0.2) is 38.3 Å². The smallest absolute Gasteiger partial charge is 0.248 e. The average molecular weight is 507 g/mol. The maximum Gasteiger partial charge on any atom is 0.248 e. The highest BCUT2D eigenvalue weighted by atomic mass is 35.5. The number of rotatable bonds is 8. The van der Waals surface area contributed by atoms with E-state index < -0.39 is 5.92 Å². The van der Waals surface area contributed by atoms with Crippen molar-refractivity contribution in [2.24, 2.45) is 5.41 Å². The molecule has 3 aliphatic rings. The van der Waals surface area contributed by atoms with Crippen molar-refractivity contribution in [2.75, 3.05) is 11.9 Å². The zero-order valence-electron chi connectivity index (χ0n) is 20.1. The van der Waals surface area contributed by atoms with E-state index in [2.05, 4.69) is 20.1 Å². The van der Waals surface area contributed by atoms with Gasteiger partial charge in [-0.1, -0.05) is 11.6 Å². The maximum absolute atomic E-state index is 13.7. The van der Waals surface area contributed by atoms with E-state index in [4.69, 9.17) is 11.6 Å². The first kappa shape index (κ1) is 24.6. The van der Waals surface area contributed by atoms with Gasteiger partial charge in [-0.15, -0.1) is 10.2 Å². The Morgan fingerprint density at radius 3 is 2.57 bits per heavy atom. The first-order chi connectivity index (χ1) is 16.7. The summed E-state index contributed by atoms with van der Waals surface area (Å²) < 4.78 is 29.5. The van der Waals surface area contributed by atoms with Crippen LogP contribution in [0.4, 0.5) is 14.5 Å². The second-order valence-corrected chi connectivity index (χ2v) is 11.3. The van der Waals surface area contributed by atoms with Crippen molar-refractivity contribution < 1.29 is 18.7 Å². The lowest BCUT2D eigenvalue weighted by molar-refractivity contribution is -0.116. The number of anilines is 1. The molecule has 6 nitrogen and oxygen atoms in total. The molecule has 35 heavy (non-hydrogen) atoms. The Kier molecular flexibility index (Phi) is 6.64. The highest BCUT2D eigenvalue weighted by Gasteiger charge is 2.52. The first-order valence-corrected chi connectivity index (χ1v) is 13.1. The number of carbonyl (C=O) groups is 1. The number of alkyl halides is 2. The number of aliphatic hydroxyl groups is 1. The van der Waals surface area contributed by atoms with Crippen LogP contribution in [0, 0.1) is 12.3 Å². The van der Waals surface area contributed by atoms with E-state index in [1.54, 1.807) is 18.2 Å². The van der Waals surface area contributed by atoms with E-state index in [-0.39, 0.29) is 49.0 Å². The quantitative estimate of drug-likeness (QED) is 0.450. The fourth-order valence-corrected chi connectivity index (χ4v) is 6.20. The van der Waals surface area contributed by atoms with Crippen LogP contribution < -0.4 is 5.32 Å². The van der Waals surface area contributed by atoms with Gasteiger partial charge in [0.25, 0.3) is 0 Å². The average Bonchev–Trinajstić information content (AvgIpc) is 3.52. The first-order valence-electron chi connectivity index (χ1n) is 12.7. The van der Waals surface area contributed by atoms with Crippen molar-refractivity contribution in [2.45, 2.75) is 94.9 Å². The third kappa shape index (κ3) is 5.24. The molecule has 5 rings (SSSR count). The summed E-state index contributed by atoms with van der Waals surface area (Å²) in [6.07, 6.45) is 5.61. The zero-order chi connectivity index (χ0) is 24.8. The molecule has 2 N–H and O–H groups in total. The van der Waals surface area contributed by atoms with Gasteiger partial charge in [0.2, 0.25) is 11.8 Å². The van der Waals surface area contributed by atoms with Crippen molar-refractivity contribution in [1.82, 2.24) is 14.8 Å². The molecule has 9 heteroatoms. The van der Waals surface area contributed by atoms with Gasteiger partial charge in [-0.3, -0.25) is 4.79 Å². The molecule has 1 spiro atoms. The summed E-state index contributed by atoms with van der Waals surface area (Å²) in [7, 11) is 0. The molecule has 1 amide bonds. The van der Waals surface area contributed by atoms with Gasteiger partial charge in [0.05, 0.1) is 0 Å². The molecule has 0 bridgehead atoms. The molecule has 2 aromatic rings. The summed E-state index contributed by atoms with van der Waals surface area (Å²) in [4.78, 5) is 12.9. The van der Waals surface area contributed by atoms with Crippen LogP contribution in [0.25, 0.3) is 0 Å². The molecule has 0 saturated heterocycles. The van der Waals surface area contributed by atoms with Gasteiger partial charge in [-0.25, -0.2) is 8.78 Å². The number of aliphatic hydroxyl groups excluding tert-OH is 1. The lowest BCUT2D eigenvalue weighted by atomic mass is 9.55. The summed E-state index contributed by atoms with van der Waals surface area (Å²) >= 11 is 6.02. The van der Waals surface area contributed by atoms with E-state index >= 15 is 0 Å². The Bertz CT molecular complexity index is 1080. The minimum atomic E-state index is -2.51. The Balaban J connectivity index is 1.30. The molecule has 3 aliphatic carbocycles. The number of carbonyl (C=O) groups excluding carboxylic acids is 1. The third-order valence-corrected chi connectivity index (χ3v) is 8.40. The van der Waals surface area contributed by atoms with Crippen molar-refractivity contribution in [3.63, 3.8) is 0 Å². The van der Waals surface area contributed by atoms with Gasteiger partial charge < -0.3 is 15.0 Å². The predicted octanol–water partition coefficient (Wildman–Crippen LogP) is 6.14. The molecule has 1 heterocycles. The fourth-order valence-electron chi connectivity index (χ4n) is 5.97. The molecule has 0 aliphatic heterocycles. The van der Waals surface area contributed by atoms with E-state index in [0.717, 1.165) is 42.9 Å². The number of hydrogen-bond acceptors (Lipinski definition) is 4.